The highest BCUT2D eigenvalue weighted by molar-refractivity contribution is 5.86. The summed E-state index contributed by atoms with van der Waals surface area (Å²) in [6, 6.07) is -0.799. The van der Waals surface area contributed by atoms with Crippen LogP contribution in [-0.2, 0) is 14.3 Å². The van der Waals surface area contributed by atoms with Gasteiger partial charge in [-0.1, -0.05) is 6.92 Å². The molecule has 0 spiro atoms. The number of hydrogen-bond acceptors (Lipinski definition) is 4. The molecule has 0 aliphatic rings. The van der Waals surface area contributed by atoms with E-state index < -0.39 is 12.0 Å². The summed E-state index contributed by atoms with van der Waals surface area (Å²) in [5.41, 5.74) is 5.31. The third kappa shape index (κ3) is 3.72. The van der Waals surface area contributed by atoms with E-state index in [-0.39, 0.29) is 12.2 Å². The van der Waals surface area contributed by atoms with Crippen LogP contribution < -0.4 is 5.73 Å². The molecule has 1 unspecified atom stereocenters. The van der Waals surface area contributed by atoms with Gasteiger partial charge in [-0.3, -0.25) is 9.59 Å². The maximum atomic E-state index is 10.8. The Kier molecular flexibility index (Phi) is 4.45. The Morgan fingerprint density at radius 3 is 2.45 bits per heavy atom. The molecule has 0 saturated carbocycles. The molecule has 2 N–H and O–H groups in total. The van der Waals surface area contributed by atoms with E-state index in [9.17, 15) is 9.59 Å². The largest absolute Gasteiger partial charge is 0.468 e. The van der Waals surface area contributed by atoms with Crippen LogP contribution in [0.3, 0.4) is 0 Å². The van der Waals surface area contributed by atoms with Crippen LogP contribution in [0, 0.1) is 0 Å². The maximum Gasteiger partial charge on any atom is 0.323 e. The summed E-state index contributed by atoms with van der Waals surface area (Å²) in [5, 5.41) is 0. The maximum absolute atomic E-state index is 10.8. The van der Waals surface area contributed by atoms with Gasteiger partial charge >= 0.3 is 5.97 Å². The number of nitrogens with two attached hydrogens (primary N) is 1. The third-order valence-electron chi connectivity index (χ3n) is 1.35. The van der Waals surface area contributed by atoms with Crippen LogP contribution in [0.5, 0.6) is 0 Å². The fourth-order valence-corrected chi connectivity index (χ4v) is 0.624. The predicted molar refractivity (Wildman–Crippen MR) is 39.9 cm³/mol. The van der Waals surface area contributed by atoms with Crippen molar-refractivity contribution in [2.24, 2.45) is 5.73 Å². The Balaban J connectivity index is 3.77. The molecule has 0 heterocycles. The van der Waals surface area contributed by atoms with Crippen molar-refractivity contribution in [1.29, 1.82) is 0 Å². The van der Waals surface area contributed by atoms with E-state index in [0.717, 1.165) is 0 Å². The first kappa shape index (κ1) is 10.1. The molecule has 0 aromatic carbocycles. The fraction of sp³-hybridized carbons (Fsp3) is 0.714. The van der Waals surface area contributed by atoms with Gasteiger partial charge in [0.25, 0.3) is 0 Å². The smallest absolute Gasteiger partial charge is 0.323 e. The number of esters is 1. The molecule has 0 aliphatic carbocycles. The minimum Gasteiger partial charge on any atom is -0.468 e. The van der Waals surface area contributed by atoms with E-state index in [1.807, 2.05) is 0 Å². The summed E-state index contributed by atoms with van der Waals surface area (Å²) in [6.45, 7) is 1.73. The van der Waals surface area contributed by atoms with E-state index in [0.29, 0.717) is 6.42 Å². The minimum atomic E-state index is -0.799. The van der Waals surface area contributed by atoms with Crippen molar-refractivity contribution >= 4 is 11.8 Å². The number of ether oxygens (including phenoxy) is 1. The van der Waals surface area contributed by atoms with Gasteiger partial charge in [-0.15, -0.1) is 0 Å². The average molecular weight is 159 g/mol. The summed E-state index contributed by atoms with van der Waals surface area (Å²) in [4.78, 5) is 21.4. The molecule has 0 rings (SSSR count). The first-order chi connectivity index (χ1) is 5.11. The number of ketones is 1. The average Bonchev–Trinajstić information content (AvgIpc) is 2.02. The third-order valence-corrected chi connectivity index (χ3v) is 1.35. The van der Waals surface area contributed by atoms with Crippen molar-refractivity contribution in [3.63, 3.8) is 0 Å². The molecule has 11 heavy (non-hydrogen) atoms. The van der Waals surface area contributed by atoms with Gasteiger partial charge < -0.3 is 10.5 Å². The van der Waals surface area contributed by atoms with Gasteiger partial charge in [-0.2, -0.15) is 0 Å². The van der Waals surface area contributed by atoms with Crippen LogP contribution in [0.2, 0.25) is 0 Å². The van der Waals surface area contributed by atoms with Crippen molar-refractivity contribution in [2.75, 3.05) is 7.11 Å². The molecular weight excluding hydrogens is 146 g/mol. The van der Waals surface area contributed by atoms with Crippen LogP contribution >= 0.6 is 0 Å². The highest BCUT2D eigenvalue weighted by Crippen LogP contribution is 1.95. The molecule has 0 aliphatic heterocycles. The lowest BCUT2D eigenvalue weighted by Crippen LogP contribution is -2.33. The number of carbonyl (C=O) groups excluding carboxylic acids is 2. The Morgan fingerprint density at radius 1 is 1.55 bits per heavy atom. The van der Waals surface area contributed by atoms with Gasteiger partial charge in [0.05, 0.1) is 7.11 Å². The van der Waals surface area contributed by atoms with Crippen molar-refractivity contribution in [3.05, 3.63) is 0 Å². The molecule has 0 amide bonds. The lowest BCUT2D eigenvalue weighted by Gasteiger charge is -2.06. The summed E-state index contributed by atoms with van der Waals surface area (Å²) in [5.74, 6) is -0.560. The lowest BCUT2D eigenvalue weighted by atomic mass is 10.1. The van der Waals surface area contributed by atoms with E-state index in [2.05, 4.69) is 4.74 Å². The molecule has 0 radical (unpaired) electrons. The van der Waals surface area contributed by atoms with Gasteiger partial charge in [0.15, 0.2) is 0 Å². The lowest BCUT2D eigenvalue weighted by molar-refractivity contribution is -0.143. The van der Waals surface area contributed by atoms with Crippen LogP contribution in [0.4, 0.5) is 0 Å². The second-order valence-electron chi connectivity index (χ2n) is 2.23. The zero-order chi connectivity index (χ0) is 8.85. The zero-order valence-corrected chi connectivity index (χ0v) is 6.79. The number of methoxy groups -OCH3 is 1. The van der Waals surface area contributed by atoms with E-state index in [1.54, 1.807) is 6.92 Å². The summed E-state index contributed by atoms with van der Waals surface area (Å²) in [7, 11) is 1.25. The van der Waals surface area contributed by atoms with Gasteiger partial charge in [0.1, 0.15) is 11.8 Å². The number of Topliss-reactive ketones (excluding diaryl/α,β-unsaturated/α-hetero) is 1. The van der Waals surface area contributed by atoms with Crippen LogP contribution in [0.15, 0.2) is 0 Å². The topological polar surface area (TPSA) is 69.4 Å². The Labute approximate surface area is 65.7 Å². The molecule has 64 valence electrons. The van der Waals surface area contributed by atoms with Gasteiger partial charge in [-0.25, -0.2) is 0 Å². The van der Waals surface area contributed by atoms with Gasteiger partial charge in [-0.05, 0) is 0 Å². The molecule has 0 bridgehead atoms. The Hall–Kier alpha value is -0.900. The van der Waals surface area contributed by atoms with Crippen LogP contribution in [0.25, 0.3) is 0 Å². The SMILES string of the molecule is CCC(=O)CC(N)C(=O)OC. The summed E-state index contributed by atoms with van der Waals surface area (Å²) < 4.78 is 4.34. The number of rotatable bonds is 4. The Morgan fingerprint density at radius 2 is 2.09 bits per heavy atom. The highest BCUT2D eigenvalue weighted by Gasteiger charge is 2.16. The van der Waals surface area contributed by atoms with Crippen molar-refractivity contribution in [3.8, 4) is 0 Å². The minimum absolute atomic E-state index is 0.0251. The molecule has 4 heteroatoms. The predicted octanol–water partition coefficient (Wildman–Crippen LogP) is -0.144. The number of hydrogen-bond donors (Lipinski definition) is 1. The first-order valence-electron chi connectivity index (χ1n) is 3.47. The monoisotopic (exact) mass is 159 g/mol. The summed E-state index contributed by atoms with van der Waals surface area (Å²) >= 11 is 0. The van der Waals surface area contributed by atoms with Crippen molar-refractivity contribution in [1.82, 2.24) is 0 Å². The molecule has 0 saturated heterocycles. The normalized spacial score (nSPS) is 12.3. The van der Waals surface area contributed by atoms with E-state index in [1.165, 1.54) is 7.11 Å². The highest BCUT2D eigenvalue weighted by atomic mass is 16.5. The van der Waals surface area contributed by atoms with E-state index in [4.69, 9.17) is 5.73 Å². The molecule has 4 nitrogen and oxygen atoms in total. The molecular formula is C7H13NO3. The molecule has 1 atom stereocenters. The zero-order valence-electron chi connectivity index (χ0n) is 6.79. The standard InChI is InChI=1S/C7H13NO3/c1-3-5(9)4-6(8)7(10)11-2/h6H,3-4,8H2,1-2H3. The Bertz CT molecular complexity index is 156. The van der Waals surface area contributed by atoms with Crippen LogP contribution in [0.1, 0.15) is 19.8 Å². The second kappa shape index (κ2) is 4.85. The molecule has 0 aromatic heterocycles. The van der Waals surface area contributed by atoms with Crippen molar-refractivity contribution < 1.29 is 14.3 Å². The first-order valence-corrected chi connectivity index (χ1v) is 3.47. The van der Waals surface area contributed by atoms with Gasteiger partial charge in [0, 0.05) is 12.8 Å². The second-order valence-corrected chi connectivity index (χ2v) is 2.23. The van der Waals surface area contributed by atoms with Crippen LogP contribution in [-0.4, -0.2) is 24.9 Å². The quantitative estimate of drug-likeness (QED) is 0.579. The number of carbonyl (C=O) groups is 2. The molecule has 0 aromatic rings. The van der Waals surface area contributed by atoms with Crippen molar-refractivity contribution in [2.45, 2.75) is 25.8 Å². The fourth-order valence-electron chi connectivity index (χ4n) is 0.624. The summed E-state index contributed by atoms with van der Waals surface area (Å²) in [6.07, 6.45) is 0.480. The van der Waals surface area contributed by atoms with Gasteiger partial charge in [0.2, 0.25) is 0 Å². The molecule has 0 fully saturated rings. The van der Waals surface area contributed by atoms with E-state index >= 15 is 0 Å².